The van der Waals surface area contributed by atoms with Crippen molar-refractivity contribution < 1.29 is 13.9 Å². The van der Waals surface area contributed by atoms with Crippen LogP contribution in [0.1, 0.15) is 26.5 Å². The topological polar surface area (TPSA) is 62.6 Å². The van der Waals surface area contributed by atoms with Gasteiger partial charge in [0.25, 0.3) is 0 Å². The first-order valence-corrected chi connectivity index (χ1v) is 10.2. The number of anilines is 2. The summed E-state index contributed by atoms with van der Waals surface area (Å²) < 4.78 is 21.2. The van der Waals surface area contributed by atoms with E-state index in [0.29, 0.717) is 18.8 Å². The van der Waals surface area contributed by atoms with Crippen LogP contribution in [0.3, 0.4) is 0 Å². The number of rotatable bonds is 2. The summed E-state index contributed by atoms with van der Waals surface area (Å²) in [5.74, 6) is -0.515. The summed E-state index contributed by atoms with van der Waals surface area (Å²) in [6.07, 6.45) is 2.16. The molecule has 156 valence electrons. The number of aromatic nitrogens is 2. The maximum absolute atomic E-state index is 13.4. The molecule has 0 bridgehead atoms. The lowest BCUT2D eigenvalue weighted by Gasteiger charge is -2.39. The highest BCUT2D eigenvalue weighted by molar-refractivity contribution is 6.31. The van der Waals surface area contributed by atoms with Crippen molar-refractivity contribution in [2.45, 2.75) is 52.1 Å². The number of amides is 2. The number of carbonyl (C=O) groups is 1. The molecule has 2 aliphatic heterocycles. The fourth-order valence-corrected chi connectivity index (χ4v) is 4.25. The Morgan fingerprint density at radius 3 is 2.66 bits per heavy atom. The zero-order valence-electron chi connectivity index (χ0n) is 16.7. The van der Waals surface area contributed by atoms with E-state index in [-0.39, 0.29) is 29.3 Å². The molecule has 0 spiro atoms. The summed E-state index contributed by atoms with van der Waals surface area (Å²) in [6.45, 7) is 8.75. The Balaban J connectivity index is 1.53. The molecule has 9 heteroatoms. The largest absolute Gasteiger partial charge is 0.372 e. The number of urea groups is 1. The third-order valence-electron chi connectivity index (χ3n) is 5.41. The van der Waals surface area contributed by atoms with Crippen LogP contribution in [0.25, 0.3) is 0 Å². The number of fused-ring (bicyclic) bond motifs is 1. The van der Waals surface area contributed by atoms with Gasteiger partial charge in [-0.3, -0.25) is 4.68 Å². The van der Waals surface area contributed by atoms with Crippen LogP contribution in [-0.4, -0.2) is 52.1 Å². The molecule has 2 aliphatic rings. The fourth-order valence-electron chi connectivity index (χ4n) is 4.07. The third-order valence-corrected chi connectivity index (χ3v) is 5.70. The van der Waals surface area contributed by atoms with Crippen LogP contribution in [-0.2, 0) is 17.8 Å². The van der Waals surface area contributed by atoms with Crippen molar-refractivity contribution in [1.82, 2.24) is 14.7 Å². The Kier molecular flexibility index (Phi) is 5.40. The lowest BCUT2D eigenvalue weighted by Crippen LogP contribution is -2.48. The number of nitrogens with one attached hydrogen (secondary N) is 1. The molecule has 7 nitrogen and oxygen atoms in total. The van der Waals surface area contributed by atoms with Crippen LogP contribution in [0, 0.1) is 5.82 Å². The zero-order chi connectivity index (χ0) is 20.7. The fraction of sp³-hybridized carbons (Fsp3) is 0.500. The Bertz CT molecular complexity index is 910. The van der Waals surface area contributed by atoms with Gasteiger partial charge in [-0.1, -0.05) is 11.6 Å². The Morgan fingerprint density at radius 2 is 1.97 bits per heavy atom. The van der Waals surface area contributed by atoms with E-state index in [0.717, 1.165) is 24.5 Å². The predicted molar refractivity (Wildman–Crippen MR) is 110 cm³/mol. The second-order valence-corrected chi connectivity index (χ2v) is 8.26. The standard InChI is InChI=1S/C20H25ClFN5O2/c1-12-8-27-19(18(7-23-27)25-9-13(2)29-14(3)10-25)11-26(12)20(28)24-15-4-5-17(22)16(21)6-15/h4-7,12-14H,8-11H2,1-3H3,(H,24,28)/t12-,13+,14+/m0/s1. The minimum absolute atomic E-state index is 0.0228. The lowest BCUT2D eigenvalue weighted by atomic mass is 10.1. The van der Waals surface area contributed by atoms with Crippen LogP contribution in [0.2, 0.25) is 5.02 Å². The van der Waals surface area contributed by atoms with Crippen LogP contribution in [0.5, 0.6) is 0 Å². The number of hydrogen-bond acceptors (Lipinski definition) is 4. The maximum Gasteiger partial charge on any atom is 0.322 e. The van der Waals surface area contributed by atoms with Gasteiger partial charge in [0, 0.05) is 18.8 Å². The van der Waals surface area contributed by atoms with Gasteiger partial charge in [0.15, 0.2) is 0 Å². The van der Waals surface area contributed by atoms with Crippen molar-refractivity contribution in [3.05, 3.63) is 40.9 Å². The molecule has 1 saturated heterocycles. The molecule has 1 aromatic heterocycles. The summed E-state index contributed by atoms with van der Waals surface area (Å²) in [4.78, 5) is 17.0. The van der Waals surface area contributed by atoms with E-state index < -0.39 is 5.82 Å². The number of benzene rings is 1. The van der Waals surface area contributed by atoms with E-state index in [2.05, 4.69) is 29.2 Å². The molecule has 0 unspecified atom stereocenters. The van der Waals surface area contributed by atoms with Gasteiger partial charge in [0.1, 0.15) is 5.82 Å². The summed E-state index contributed by atoms with van der Waals surface area (Å²) in [6, 6.07) is 3.87. The summed E-state index contributed by atoms with van der Waals surface area (Å²) in [5.41, 5.74) is 2.52. The molecule has 3 atom stereocenters. The van der Waals surface area contributed by atoms with E-state index in [4.69, 9.17) is 16.3 Å². The van der Waals surface area contributed by atoms with Crippen LogP contribution >= 0.6 is 11.6 Å². The van der Waals surface area contributed by atoms with Gasteiger partial charge in [0.05, 0.1) is 53.9 Å². The van der Waals surface area contributed by atoms with Crippen molar-refractivity contribution in [2.75, 3.05) is 23.3 Å². The smallest absolute Gasteiger partial charge is 0.322 e. The minimum Gasteiger partial charge on any atom is -0.372 e. The lowest BCUT2D eigenvalue weighted by molar-refractivity contribution is -0.00533. The second-order valence-electron chi connectivity index (χ2n) is 7.86. The van der Waals surface area contributed by atoms with E-state index in [9.17, 15) is 9.18 Å². The SMILES string of the molecule is C[C@@H]1CN(c2cnn3c2CN(C(=O)Nc2ccc(F)c(Cl)c2)[C@@H](C)C3)C[C@@H](C)O1. The highest BCUT2D eigenvalue weighted by atomic mass is 35.5. The molecule has 2 amide bonds. The number of morpholine rings is 1. The van der Waals surface area contributed by atoms with E-state index in [1.165, 1.54) is 18.2 Å². The summed E-state index contributed by atoms with van der Waals surface area (Å²) in [7, 11) is 0. The average Bonchev–Trinajstić information content (AvgIpc) is 3.06. The normalized spacial score (nSPS) is 24.4. The van der Waals surface area contributed by atoms with Gasteiger partial charge < -0.3 is 19.9 Å². The Hall–Kier alpha value is -2.32. The molecular formula is C20H25ClFN5O2. The van der Waals surface area contributed by atoms with Crippen molar-refractivity contribution in [3.63, 3.8) is 0 Å². The molecular weight excluding hydrogens is 397 g/mol. The third kappa shape index (κ3) is 4.04. The van der Waals surface area contributed by atoms with Gasteiger partial charge in [-0.05, 0) is 39.0 Å². The van der Waals surface area contributed by atoms with Gasteiger partial charge in [0.2, 0.25) is 0 Å². The number of halogens is 2. The summed E-state index contributed by atoms with van der Waals surface area (Å²) >= 11 is 5.83. The zero-order valence-corrected chi connectivity index (χ0v) is 17.5. The van der Waals surface area contributed by atoms with Crippen molar-refractivity contribution in [1.29, 1.82) is 0 Å². The Labute approximate surface area is 174 Å². The van der Waals surface area contributed by atoms with Crippen LogP contribution in [0.4, 0.5) is 20.6 Å². The average molecular weight is 422 g/mol. The van der Waals surface area contributed by atoms with Crippen LogP contribution < -0.4 is 10.2 Å². The Morgan fingerprint density at radius 1 is 1.24 bits per heavy atom. The van der Waals surface area contributed by atoms with Crippen molar-refractivity contribution in [2.24, 2.45) is 0 Å². The molecule has 4 rings (SSSR count). The molecule has 0 saturated carbocycles. The molecule has 1 fully saturated rings. The molecule has 0 radical (unpaired) electrons. The van der Waals surface area contributed by atoms with Gasteiger partial charge >= 0.3 is 6.03 Å². The highest BCUT2D eigenvalue weighted by Crippen LogP contribution is 2.30. The van der Waals surface area contributed by atoms with E-state index in [1.54, 1.807) is 4.90 Å². The molecule has 29 heavy (non-hydrogen) atoms. The molecule has 2 aromatic rings. The first kappa shape index (κ1) is 20.0. The minimum atomic E-state index is -0.515. The monoisotopic (exact) mass is 421 g/mol. The van der Waals surface area contributed by atoms with Crippen molar-refractivity contribution in [3.8, 4) is 0 Å². The first-order valence-electron chi connectivity index (χ1n) is 9.79. The first-order chi connectivity index (χ1) is 13.8. The van der Waals surface area contributed by atoms with E-state index >= 15 is 0 Å². The number of ether oxygens (including phenoxy) is 1. The quantitative estimate of drug-likeness (QED) is 0.802. The van der Waals surface area contributed by atoms with Gasteiger partial charge in [-0.25, -0.2) is 9.18 Å². The number of carbonyl (C=O) groups excluding carboxylic acids is 1. The number of nitrogens with zero attached hydrogens (tertiary/aromatic N) is 4. The number of hydrogen-bond donors (Lipinski definition) is 1. The van der Waals surface area contributed by atoms with E-state index in [1.807, 2.05) is 17.8 Å². The molecule has 1 aromatic carbocycles. The summed E-state index contributed by atoms with van der Waals surface area (Å²) in [5, 5.41) is 7.34. The predicted octanol–water partition coefficient (Wildman–Crippen LogP) is 3.73. The van der Waals surface area contributed by atoms with Crippen molar-refractivity contribution >= 4 is 29.0 Å². The van der Waals surface area contributed by atoms with Gasteiger partial charge in [-0.2, -0.15) is 5.10 Å². The molecule has 1 N–H and O–H groups in total. The highest BCUT2D eigenvalue weighted by Gasteiger charge is 2.32. The molecule has 3 heterocycles. The van der Waals surface area contributed by atoms with Gasteiger partial charge in [-0.15, -0.1) is 0 Å². The second kappa shape index (κ2) is 7.84. The maximum atomic E-state index is 13.4. The molecule has 0 aliphatic carbocycles. The van der Waals surface area contributed by atoms with Crippen LogP contribution in [0.15, 0.2) is 24.4 Å².